The van der Waals surface area contributed by atoms with E-state index in [0.29, 0.717) is 5.82 Å². The summed E-state index contributed by atoms with van der Waals surface area (Å²) in [4.78, 5) is 14.7. The Labute approximate surface area is 101 Å². The van der Waals surface area contributed by atoms with E-state index in [2.05, 4.69) is 10.3 Å². The lowest BCUT2D eigenvalue weighted by atomic mass is 10.1. The predicted octanol–water partition coefficient (Wildman–Crippen LogP) is 2.76. The van der Waals surface area contributed by atoms with Gasteiger partial charge in [0.25, 0.3) is 0 Å². The number of aromatic nitrogens is 1. The number of anilines is 1. The van der Waals surface area contributed by atoms with E-state index in [9.17, 15) is 4.79 Å². The highest BCUT2D eigenvalue weighted by Crippen LogP contribution is 2.11. The Morgan fingerprint density at radius 2 is 2.38 bits per heavy atom. The summed E-state index contributed by atoms with van der Waals surface area (Å²) in [6.07, 6.45) is 4.87. The Balaban J connectivity index is 2.23. The van der Waals surface area contributed by atoms with Crippen LogP contribution in [0.4, 0.5) is 5.82 Å². The third kappa shape index (κ3) is 5.16. The molecule has 0 unspecified atom stereocenters. The highest BCUT2D eigenvalue weighted by Gasteiger charge is 1.97. The van der Waals surface area contributed by atoms with Crippen molar-refractivity contribution in [1.82, 2.24) is 4.98 Å². The molecule has 0 fully saturated rings. The number of nitrogens with one attached hydrogen (secondary N) is 1. The van der Waals surface area contributed by atoms with Gasteiger partial charge in [-0.2, -0.15) is 0 Å². The van der Waals surface area contributed by atoms with Crippen LogP contribution in [0.1, 0.15) is 25.3 Å². The molecule has 0 atom stereocenters. The van der Waals surface area contributed by atoms with Crippen molar-refractivity contribution in [2.75, 3.05) is 11.1 Å². The first-order valence-electron chi connectivity index (χ1n) is 5.27. The van der Waals surface area contributed by atoms with Gasteiger partial charge in [-0.1, -0.05) is 11.8 Å². The van der Waals surface area contributed by atoms with E-state index < -0.39 is 0 Å². The quantitative estimate of drug-likeness (QED) is 0.609. The maximum absolute atomic E-state index is 10.7. The molecule has 0 spiro atoms. The Morgan fingerprint density at radius 1 is 1.56 bits per heavy atom. The first-order chi connectivity index (χ1) is 7.72. The normalized spacial score (nSPS) is 10.1. The molecule has 0 saturated heterocycles. The van der Waals surface area contributed by atoms with Crippen molar-refractivity contribution >= 4 is 22.7 Å². The zero-order valence-corrected chi connectivity index (χ0v) is 10.2. The minimum atomic E-state index is 0.193. The van der Waals surface area contributed by atoms with Crippen molar-refractivity contribution < 1.29 is 4.79 Å². The van der Waals surface area contributed by atoms with Crippen molar-refractivity contribution in [2.45, 2.75) is 26.2 Å². The second kappa shape index (κ2) is 7.28. The molecule has 1 aromatic heterocycles. The van der Waals surface area contributed by atoms with E-state index in [0.717, 1.165) is 25.0 Å². The fourth-order valence-electron chi connectivity index (χ4n) is 1.36. The van der Waals surface area contributed by atoms with Crippen molar-refractivity contribution in [1.29, 1.82) is 0 Å². The summed E-state index contributed by atoms with van der Waals surface area (Å²) >= 11 is 1.39. The van der Waals surface area contributed by atoms with Gasteiger partial charge in [-0.15, -0.1) is 0 Å². The van der Waals surface area contributed by atoms with Crippen LogP contribution >= 0.6 is 11.8 Å². The number of hydrogen-bond donors (Lipinski definition) is 1. The van der Waals surface area contributed by atoms with Crippen LogP contribution in [0.15, 0.2) is 18.3 Å². The minimum absolute atomic E-state index is 0.193. The highest BCUT2D eigenvalue weighted by atomic mass is 32.2. The van der Waals surface area contributed by atoms with E-state index in [1.807, 2.05) is 12.1 Å². The molecule has 0 bridgehead atoms. The topological polar surface area (TPSA) is 42.0 Å². The number of hydrogen-bond acceptors (Lipinski definition) is 4. The average molecular weight is 236 g/mol. The van der Waals surface area contributed by atoms with Crippen LogP contribution in [0.5, 0.6) is 0 Å². The summed E-state index contributed by atoms with van der Waals surface area (Å²) < 4.78 is 0. The summed E-state index contributed by atoms with van der Waals surface area (Å²) in [6.45, 7) is 1.60. The van der Waals surface area contributed by atoms with Crippen molar-refractivity contribution in [3.8, 4) is 0 Å². The van der Waals surface area contributed by atoms with Crippen LogP contribution in [0, 0.1) is 7.05 Å². The maximum atomic E-state index is 10.7. The summed E-state index contributed by atoms with van der Waals surface area (Å²) in [7, 11) is 5.28. The zero-order valence-electron chi connectivity index (χ0n) is 9.40. The van der Waals surface area contributed by atoms with Crippen LogP contribution in [0.25, 0.3) is 0 Å². The molecule has 0 aromatic carbocycles. The Hall–Kier alpha value is -1.03. The Bertz CT molecular complexity index is 342. The lowest BCUT2D eigenvalue weighted by molar-refractivity contribution is -0.109. The lowest BCUT2D eigenvalue weighted by Crippen LogP contribution is -1.93. The van der Waals surface area contributed by atoms with Gasteiger partial charge in [-0.05, 0) is 37.0 Å². The second-order valence-electron chi connectivity index (χ2n) is 3.49. The third-order valence-electron chi connectivity index (χ3n) is 2.14. The van der Waals surface area contributed by atoms with Crippen LogP contribution in [0.3, 0.4) is 0 Å². The average Bonchev–Trinajstić information content (AvgIpc) is 2.28. The number of aryl methyl sites for hydroxylation is 1. The number of carbonyl (C=O) groups excluding carboxylic acids is 1. The SMILES string of the molecule is [CH]Nc1cc(CCCCSC(C)=O)ccn1. The zero-order chi connectivity index (χ0) is 11.8. The van der Waals surface area contributed by atoms with Gasteiger partial charge < -0.3 is 5.32 Å². The Kier molecular flexibility index (Phi) is 5.93. The van der Waals surface area contributed by atoms with Crippen molar-refractivity contribution in [2.24, 2.45) is 0 Å². The van der Waals surface area contributed by atoms with E-state index >= 15 is 0 Å². The van der Waals surface area contributed by atoms with Crippen LogP contribution in [0.2, 0.25) is 0 Å². The summed E-state index contributed by atoms with van der Waals surface area (Å²) in [5.74, 6) is 1.60. The van der Waals surface area contributed by atoms with Crippen LogP contribution in [-0.2, 0) is 11.2 Å². The van der Waals surface area contributed by atoms with Gasteiger partial charge in [-0.3, -0.25) is 4.79 Å². The van der Waals surface area contributed by atoms with Crippen LogP contribution in [-0.4, -0.2) is 15.9 Å². The molecular weight excluding hydrogens is 220 g/mol. The predicted molar refractivity (Wildman–Crippen MR) is 68.2 cm³/mol. The molecule has 1 rings (SSSR count). The molecule has 3 nitrogen and oxygen atoms in total. The lowest BCUT2D eigenvalue weighted by Gasteiger charge is -2.03. The minimum Gasteiger partial charge on any atom is -0.363 e. The molecule has 16 heavy (non-hydrogen) atoms. The number of thioether (sulfide) groups is 1. The van der Waals surface area contributed by atoms with Crippen LogP contribution < -0.4 is 5.32 Å². The largest absolute Gasteiger partial charge is 0.363 e. The maximum Gasteiger partial charge on any atom is 0.185 e. The molecule has 86 valence electrons. The van der Waals surface area contributed by atoms with Gasteiger partial charge in [-0.25, -0.2) is 4.98 Å². The number of unbranched alkanes of at least 4 members (excludes halogenated alkanes) is 1. The molecule has 1 N–H and O–H groups in total. The molecule has 4 heteroatoms. The van der Waals surface area contributed by atoms with Gasteiger partial charge in [0.2, 0.25) is 0 Å². The first kappa shape index (κ1) is 13.0. The van der Waals surface area contributed by atoms with Gasteiger partial charge >= 0.3 is 0 Å². The molecule has 0 aliphatic heterocycles. The first-order valence-corrected chi connectivity index (χ1v) is 6.26. The molecule has 0 aliphatic rings. The van der Waals surface area contributed by atoms with Crippen molar-refractivity contribution in [3.05, 3.63) is 30.9 Å². The highest BCUT2D eigenvalue weighted by molar-refractivity contribution is 8.13. The smallest absolute Gasteiger partial charge is 0.185 e. The van der Waals surface area contributed by atoms with E-state index in [-0.39, 0.29) is 5.12 Å². The third-order valence-corrected chi connectivity index (χ3v) is 3.04. The van der Waals surface area contributed by atoms with Gasteiger partial charge in [0.1, 0.15) is 5.82 Å². The molecule has 1 aromatic rings. The number of carbonyl (C=O) groups is 1. The number of nitrogens with zero attached hydrogens (tertiary/aromatic N) is 1. The second-order valence-corrected chi connectivity index (χ2v) is 4.76. The van der Waals surface area contributed by atoms with Gasteiger partial charge in [0, 0.05) is 18.9 Å². The number of pyridine rings is 1. The molecule has 2 radical (unpaired) electrons. The van der Waals surface area contributed by atoms with Crippen molar-refractivity contribution in [3.63, 3.8) is 0 Å². The van der Waals surface area contributed by atoms with E-state index in [4.69, 9.17) is 7.05 Å². The monoisotopic (exact) mass is 236 g/mol. The van der Waals surface area contributed by atoms with E-state index in [1.54, 1.807) is 13.1 Å². The standard InChI is InChI=1S/C12H16N2OS/c1-10(15)16-8-4-3-5-11-6-7-14-12(9-11)13-2/h2,6-7,9H,3-5,8H2,1H3,(H,13,14). The molecular formula is C12H16N2OS. The summed E-state index contributed by atoms with van der Waals surface area (Å²) in [5.41, 5.74) is 1.22. The molecule has 0 aliphatic carbocycles. The Morgan fingerprint density at radius 3 is 3.06 bits per heavy atom. The fourth-order valence-corrected chi connectivity index (χ4v) is 1.99. The van der Waals surface area contributed by atoms with Gasteiger partial charge in [0.05, 0.1) is 7.05 Å². The summed E-state index contributed by atoms with van der Waals surface area (Å²) in [6, 6.07) is 3.93. The van der Waals surface area contributed by atoms with E-state index in [1.165, 1.54) is 17.3 Å². The number of rotatable bonds is 6. The molecule has 1 heterocycles. The summed E-state index contributed by atoms with van der Waals surface area (Å²) in [5, 5.41) is 2.72. The molecule has 0 amide bonds. The molecule has 0 saturated carbocycles. The van der Waals surface area contributed by atoms with Gasteiger partial charge in [0.15, 0.2) is 5.12 Å². The fraction of sp³-hybridized carbons (Fsp3) is 0.417.